The van der Waals surface area contributed by atoms with E-state index in [1.165, 1.54) is 0 Å². The van der Waals surface area contributed by atoms with E-state index < -0.39 is 0 Å². The Morgan fingerprint density at radius 2 is 2.20 bits per heavy atom. The molecule has 1 aromatic rings. The number of methoxy groups -OCH3 is 1. The van der Waals surface area contributed by atoms with Crippen molar-refractivity contribution in [3.05, 3.63) is 27.3 Å². The summed E-state index contributed by atoms with van der Waals surface area (Å²) in [6.07, 6.45) is 1.69. The average molecular weight is 320 g/mol. The fourth-order valence-corrected chi connectivity index (χ4v) is 1.79. The van der Waals surface area contributed by atoms with Gasteiger partial charge in [-0.15, -0.1) is 0 Å². The molecule has 15 heavy (non-hydrogen) atoms. The summed E-state index contributed by atoms with van der Waals surface area (Å²) in [5.41, 5.74) is 0.670. The number of carbonyl (C=O) groups excluding carboxylic acids is 1. The van der Waals surface area contributed by atoms with Crippen molar-refractivity contribution in [2.45, 2.75) is 6.42 Å². The number of carbonyl (C=O) groups is 1. The molecule has 0 spiro atoms. The molecular formula is C11H13IO3. The van der Waals surface area contributed by atoms with Crippen LogP contribution in [0.15, 0.2) is 18.2 Å². The molecule has 0 saturated heterocycles. The molecule has 0 heterocycles. The first-order chi connectivity index (χ1) is 7.27. The van der Waals surface area contributed by atoms with E-state index in [4.69, 9.17) is 9.47 Å². The summed E-state index contributed by atoms with van der Waals surface area (Å²) < 4.78 is 11.4. The summed E-state index contributed by atoms with van der Waals surface area (Å²) in [5, 5.41) is 0. The van der Waals surface area contributed by atoms with E-state index in [1.807, 2.05) is 6.07 Å². The van der Waals surface area contributed by atoms with E-state index in [-0.39, 0.29) is 0 Å². The second-order valence-electron chi connectivity index (χ2n) is 3.00. The zero-order valence-electron chi connectivity index (χ0n) is 8.53. The largest absolute Gasteiger partial charge is 0.492 e. The molecule has 1 aromatic carbocycles. The zero-order valence-corrected chi connectivity index (χ0v) is 10.7. The van der Waals surface area contributed by atoms with E-state index >= 15 is 0 Å². The minimum absolute atomic E-state index is 0.629. The lowest BCUT2D eigenvalue weighted by Gasteiger charge is -2.07. The number of rotatable bonds is 6. The van der Waals surface area contributed by atoms with Crippen molar-refractivity contribution < 1.29 is 14.3 Å². The lowest BCUT2D eigenvalue weighted by molar-refractivity contribution is 0.112. The van der Waals surface area contributed by atoms with Crippen LogP contribution in [0.4, 0.5) is 0 Å². The molecule has 0 aliphatic carbocycles. The van der Waals surface area contributed by atoms with Crippen LogP contribution in [0.1, 0.15) is 16.8 Å². The third-order valence-electron chi connectivity index (χ3n) is 1.84. The molecule has 0 saturated carbocycles. The first-order valence-electron chi connectivity index (χ1n) is 4.64. The van der Waals surface area contributed by atoms with Gasteiger partial charge in [-0.3, -0.25) is 4.79 Å². The highest BCUT2D eigenvalue weighted by atomic mass is 127. The minimum Gasteiger partial charge on any atom is -0.492 e. The molecule has 0 radical (unpaired) electrons. The predicted molar refractivity (Wildman–Crippen MR) is 66.5 cm³/mol. The van der Waals surface area contributed by atoms with E-state index in [1.54, 1.807) is 19.2 Å². The van der Waals surface area contributed by atoms with Gasteiger partial charge in [0.05, 0.1) is 10.2 Å². The zero-order chi connectivity index (χ0) is 11.1. The molecule has 0 bridgehead atoms. The Labute approximate surface area is 103 Å². The molecule has 0 N–H and O–H groups in total. The smallest absolute Gasteiger partial charge is 0.150 e. The maximum Gasteiger partial charge on any atom is 0.150 e. The SMILES string of the molecule is COCCCOc1ccc(C=O)cc1I. The third-order valence-corrected chi connectivity index (χ3v) is 2.69. The lowest BCUT2D eigenvalue weighted by atomic mass is 10.2. The highest BCUT2D eigenvalue weighted by Crippen LogP contribution is 2.21. The monoisotopic (exact) mass is 320 g/mol. The van der Waals surface area contributed by atoms with Gasteiger partial charge in [-0.1, -0.05) is 0 Å². The van der Waals surface area contributed by atoms with Gasteiger partial charge >= 0.3 is 0 Å². The summed E-state index contributed by atoms with van der Waals surface area (Å²) in [4.78, 5) is 10.5. The number of hydrogen-bond acceptors (Lipinski definition) is 3. The van der Waals surface area contributed by atoms with Gasteiger partial charge in [0.15, 0.2) is 0 Å². The van der Waals surface area contributed by atoms with Crippen molar-refractivity contribution in [1.29, 1.82) is 0 Å². The maximum atomic E-state index is 10.5. The third kappa shape index (κ3) is 4.17. The molecule has 0 fully saturated rings. The lowest BCUT2D eigenvalue weighted by Crippen LogP contribution is -2.02. The van der Waals surface area contributed by atoms with Crippen molar-refractivity contribution in [3.63, 3.8) is 0 Å². The van der Waals surface area contributed by atoms with Crippen LogP contribution >= 0.6 is 22.6 Å². The van der Waals surface area contributed by atoms with E-state index in [0.29, 0.717) is 18.8 Å². The van der Waals surface area contributed by atoms with E-state index in [0.717, 1.165) is 22.0 Å². The second-order valence-corrected chi connectivity index (χ2v) is 4.16. The first kappa shape index (κ1) is 12.4. The van der Waals surface area contributed by atoms with Crippen molar-refractivity contribution in [2.24, 2.45) is 0 Å². The Bertz CT molecular complexity index is 326. The number of ether oxygens (including phenoxy) is 2. The Kier molecular flexibility index (Phi) is 5.63. The Hall–Kier alpha value is -0.620. The van der Waals surface area contributed by atoms with Crippen LogP contribution in [0.3, 0.4) is 0 Å². The van der Waals surface area contributed by atoms with Crippen LogP contribution in [0.25, 0.3) is 0 Å². The van der Waals surface area contributed by atoms with Gasteiger partial charge in [0.1, 0.15) is 12.0 Å². The van der Waals surface area contributed by atoms with Crippen molar-refractivity contribution in [1.82, 2.24) is 0 Å². The summed E-state index contributed by atoms with van der Waals surface area (Å²) in [5.74, 6) is 0.817. The molecule has 0 amide bonds. The topological polar surface area (TPSA) is 35.5 Å². The Morgan fingerprint density at radius 3 is 2.80 bits per heavy atom. The minimum atomic E-state index is 0.629. The van der Waals surface area contributed by atoms with E-state index in [2.05, 4.69) is 22.6 Å². The highest BCUT2D eigenvalue weighted by Gasteiger charge is 2.01. The van der Waals surface area contributed by atoms with Crippen LogP contribution in [0, 0.1) is 3.57 Å². The summed E-state index contributed by atoms with van der Waals surface area (Å²) in [6, 6.07) is 5.37. The van der Waals surface area contributed by atoms with Crippen LogP contribution in [-0.4, -0.2) is 26.6 Å². The molecule has 0 atom stereocenters. The van der Waals surface area contributed by atoms with Gasteiger partial charge in [0.25, 0.3) is 0 Å². The number of hydrogen-bond donors (Lipinski definition) is 0. The average Bonchev–Trinajstić information content (AvgIpc) is 2.26. The quantitative estimate of drug-likeness (QED) is 0.459. The Morgan fingerprint density at radius 1 is 1.40 bits per heavy atom. The maximum absolute atomic E-state index is 10.5. The van der Waals surface area contributed by atoms with Crippen molar-refractivity contribution >= 4 is 28.9 Å². The molecule has 0 aliphatic heterocycles. The predicted octanol–water partition coefficient (Wildman–Crippen LogP) is 2.52. The summed E-state index contributed by atoms with van der Waals surface area (Å²) in [7, 11) is 1.67. The van der Waals surface area contributed by atoms with Crippen LogP contribution in [0.5, 0.6) is 5.75 Å². The fraction of sp³-hybridized carbons (Fsp3) is 0.364. The van der Waals surface area contributed by atoms with Crippen molar-refractivity contribution in [2.75, 3.05) is 20.3 Å². The molecule has 4 heteroatoms. The first-order valence-corrected chi connectivity index (χ1v) is 5.72. The van der Waals surface area contributed by atoms with Crippen LogP contribution in [-0.2, 0) is 4.74 Å². The van der Waals surface area contributed by atoms with Crippen LogP contribution < -0.4 is 4.74 Å². The van der Waals surface area contributed by atoms with Gasteiger partial charge < -0.3 is 9.47 Å². The second kappa shape index (κ2) is 6.79. The fourth-order valence-electron chi connectivity index (χ4n) is 1.09. The molecule has 0 unspecified atom stereocenters. The molecule has 0 aromatic heterocycles. The normalized spacial score (nSPS) is 10.0. The number of benzene rings is 1. The van der Waals surface area contributed by atoms with Gasteiger partial charge in [0.2, 0.25) is 0 Å². The molecular weight excluding hydrogens is 307 g/mol. The van der Waals surface area contributed by atoms with Crippen molar-refractivity contribution in [3.8, 4) is 5.75 Å². The standard InChI is InChI=1S/C11H13IO3/c1-14-5-2-6-15-11-4-3-9(8-13)7-10(11)12/h3-4,7-8H,2,5-6H2,1H3. The highest BCUT2D eigenvalue weighted by molar-refractivity contribution is 14.1. The molecule has 1 rings (SSSR count). The summed E-state index contributed by atoms with van der Waals surface area (Å²) in [6.45, 7) is 1.33. The molecule has 82 valence electrons. The number of halogens is 1. The van der Waals surface area contributed by atoms with Crippen LogP contribution in [0.2, 0.25) is 0 Å². The molecule has 3 nitrogen and oxygen atoms in total. The molecule has 0 aliphatic rings. The van der Waals surface area contributed by atoms with Gasteiger partial charge in [-0.05, 0) is 40.8 Å². The van der Waals surface area contributed by atoms with Gasteiger partial charge in [0, 0.05) is 25.7 Å². The Balaban J connectivity index is 2.50. The van der Waals surface area contributed by atoms with E-state index in [9.17, 15) is 4.79 Å². The summed E-state index contributed by atoms with van der Waals surface area (Å²) >= 11 is 2.16. The number of aldehydes is 1. The van der Waals surface area contributed by atoms with Gasteiger partial charge in [-0.25, -0.2) is 0 Å². The van der Waals surface area contributed by atoms with Gasteiger partial charge in [-0.2, -0.15) is 0 Å².